The van der Waals surface area contributed by atoms with E-state index in [2.05, 4.69) is 6.58 Å². The molecule has 0 aliphatic carbocycles. The highest BCUT2D eigenvalue weighted by Gasteiger charge is 2.42. The lowest BCUT2D eigenvalue weighted by atomic mass is 9.98. The van der Waals surface area contributed by atoms with Crippen molar-refractivity contribution in [2.45, 2.75) is 30.6 Å². The van der Waals surface area contributed by atoms with E-state index in [1.54, 1.807) is 0 Å². The van der Waals surface area contributed by atoms with Gasteiger partial charge in [0.15, 0.2) is 6.29 Å². The van der Waals surface area contributed by atoms with Crippen LogP contribution in [0.5, 0.6) is 0 Å². The zero-order valence-corrected chi connectivity index (χ0v) is 8.32. The van der Waals surface area contributed by atoms with Crippen molar-refractivity contribution in [2.75, 3.05) is 13.2 Å². The van der Waals surface area contributed by atoms with Crippen molar-refractivity contribution >= 4 is 0 Å². The highest BCUT2D eigenvalue weighted by Crippen LogP contribution is 2.20. The average molecular weight is 219 g/mol. The summed E-state index contributed by atoms with van der Waals surface area (Å²) in [6, 6.07) is -0.845. The third-order valence-electron chi connectivity index (χ3n) is 2.31. The Morgan fingerprint density at radius 2 is 2.07 bits per heavy atom. The molecule has 88 valence electrons. The van der Waals surface area contributed by atoms with Crippen molar-refractivity contribution in [1.82, 2.24) is 0 Å². The lowest BCUT2D eigenvalue weighted by Gasteiger charge is -2.40. The van der Waals surface area contributed by atoms with Gasteiger partial charge in [-0.15, -0.1) is 6.58 Å². The topological polar surface area (TPSA) is 105 Å². The van der Waals surface area contributed by atoms with Crippen LogP contribution in [0, 0.1) is 0 Å². The van der Waals surface area contributed by atoms with Crippen molar-refractivity contribution in [3.63, 3.8) is 0 Å². The third kappa shape index (κ3) is 2.75. The largest absolute Gasteiger partial charge is 0.394 e. The number of hydrogen-bond donors (Lipinski definition) is 4. The minimum Gasteiger partial charge on any atom is -0.394 e. The molecule has 1 saturated heterocycles. The molecule has 1 heterocycles. The lowest BCUT2D eigenvalue weighted by Crippen LogP contribution is -2.62. The predicted molar refractivity (Wildman–Crippen MR) is 51.9 cm³/mol. The van der Waals surface area contributed by atoms with Crippen molar-refractivity contribution in [1.29, 1.82) is 0 Å². The summed E-state index contributed by atoms with van der Waals surface area (Å²) in [5.74, 6) is 0. The molecule has 0 bridgehead atoms. The Morgan fingerprint density at radius 1 is 1.40 bits per heavy atom. The predicted octanol–water partition coefficient (Wildman–Crippen LogP) is -2.04. The zero-order chi connectivity index (χ0) is 11.4. The van der Waals surface area contributed by atoms with Gasteiger partial charge in [0.05, 0.1) is 19.3 Å². The molecule has 1 unspecified atom stereocenters. The van der Waals surface area contributed by atoms with Gasteiger partial charge in [0.25, 0.3) is 0 Å². The molecule has 1 fully saturated rings. The van der Waals surface area contributed by atoms with E-state index in [1.807, 2.05) is 0 Å². The Bertz CT molecular complexity index is 211. The molecule has 0 saturated carbocycles. The van der Waals surface area contributed by atoms with Crippen LogP contribution in [-0.2, 0) is 9.47 Å². The maximum Gasteiger partial charge on any atom is 0.176 e. The normalized spacial score (nSPS) is 41.5. The summed E-state index contributed by atoms with van der Waals surface area (Å²) in [7, 11) is 0. The van der Waals surface area contributed by atoms with Crippen LogP contribution < -0.4 is 5.73 Å². The van der Waals surface area contributed by atoms with Gasteiger partial charge in [0.2, 0.25) is 0 Å². The van der Waals surface area contributed by atoms with Crippen molar-refractivity contribution in [3.8, 4) is 0 Å². The molecule has 0 radical (unpaired) electrons. The Labute approximate surface area is 87.9 Å². The van der Waals surface area contributed by atoms with Crippen LogP contribution in [0.25, 0.3) is 0 Å². The first-order chi connectivity index (χ1) is 7.11. The third-order valence-corrected chi connectivity index (χ3v) is 2.31. The summed E-state index contributed by atoms with van der Waals surface area (Å²) in [6.07, 6.45) is -2.59. The molecule has 1 rings (SSSR count). The summed E-state index contributed by atoms with van der Waals surface area (Å²) in [6.45, 7) is 3.28. The summed E-state index contributed by atoms with van der Waals surface area (Å²) in [4.78, 5) is 0. The SMILES string of the molecule is C=CCOC1O[C@H](CO)[C@@H](O)[C@H](O)[C@H]1N. The molecule has 1 aliphatic heterocycles. The standard InChI is InChI=1S/C9H17NO5/c1-2-3-14-9-6(10)8(13)7(12)5(4-11)15-9/h2,5-9,11-13H,1,3-4,10H2/t5-,6-,7-,8-,9?/m1/s1. The summed E-state index contributed by atoms with van der Waals surface area (Å²) in [5.41, 5.74) is 5.59. The fourth-order valence-electron chi connectivity index (χ4n) is 1.42. The second-order valence-corrected chi connectivity index (χ2v) is 3.41. The summed E-state index contributed by atoms with van der Waals surface area (Å²) in [5, 5.41) is 27.9. The second-order valence-electron chi connectivity index (χ2n) is 3.41. The zero-order valence-electron chi connectivity index (χ0n) is 8.32. The number of rotatable bonds is 4. The fraction of sp³-hybridized carbons (Fsp3) is 0.778. The molecule has 0 amide bonds. The number of ether oxygens (including phenoxy) is 2. The molecule has 0 aromatic rings. The smallest absolute Gasteiger partial charge is 0.176 e. The van der Waals surface area contributed by atoms with Crippen LogP contribution in [0.4, 0.5) is 0 Å². The van der Waals surface area contributed by atoms with E-state index in [0.717, 1.165) is 0 Å². The molecule has 6 heteroatoms. The van der Waals surface area contributed by atoms with Gasteiger partial charge in [-0.2, -0.15) is 0 Å². The number of hydrogen-bond acceptors (Lipinski definition) is 6. The van der Waals surface area contributed by atoms with Gasteiger partial charge in [0.1, 0.15) is 18.3 Å². The van der Waals surface area contributed by atoms with Crippen molar-refractivity contribution in [3.05, 3.63) is 12.7 Å². The Hall–Kier alpha value is -0.500. The molecule has 5 atom stereocenters. The minimum absolute atomic E-state index is 0.222. The van der Waals surface area contributed by atoms with Gasteiger partial charge < -0.3 is 30.5 Å². The maximum absolute atomic E-state index is 9.55. The number of aliphatic hydroxyl groups is 3. The average Bonchev–Trinajstić information content (AvgIpc) is 2.25. The van der Waals surface area contributed by atoms with Crippen LogP contribution in [0.15, 0.2) is 12.7 Å². The van der Waals surface area contributed by atoms with Crippen LogP contribution in [0.2, 0.25) is 0 Å². The molecule has 5 N–H and O–H groups in total. The van der Waals surface area contributed by atoms with E-state index in [0.29, 0.717) is 0 Å². The van der Waals surface area contributed by atoms with Gasteiger partial charge >= 0.3 is 0 Å². The molecule has 0 spiro atoms. The minimum atomic E-state index is -1.20. The van der Waals surface area contributed by atoms with Crippen LogP contribution >= 0.6 is 0 Å². The molecule has 0 aromatic heterocycles. The second kappa shape index (κ2) is 5.55. The van der Waals surface area contributed by atoms with Crippen LogP contribution in [0.1, 0.15) is 0 Å². The quantitative estimate of drug-likeness (QED) is 0.406. The number of aliphatic hydroxyl groups excluding tert-OH is 3. The van der Waals surface area contributed by atoms with E-state index >= 15 is 0 Å². The van der Waals surface area contributed by atoms with Gasteiger partial charge in [-0.1, -0.05) is 6.08 Å². The highest BCUT2D eigenvalue weighted by atomic mass is 16.7. The first-order valence-corrected chi connectivity index (χ1v) is 4.72. The van der Waals surface area contributed by atoms with Crippen molar-refractivity contribution < 1.29 is 24.8 Å². The van der Waals surface area contributed by atoms with Crippen molar-refractivity contribution in [2.24, 2.45) is 5.73 Å². The van der Waals surface area contributed by atoms with Gasteiger partial charge in [-0.25, -0.2) is 0 Å². The molecule has 0 aromatic carbocycles. The Balaban J connectivity index is 2.60. The Kier molecular flexibility index (Phi) is 4.65. The van der Waals surface area contributed by atoms with Gasteiger partial charge in [-0.05, 0) is 0 Å². The molecular weight excluding hydrogens is 202 g/mol. The first kappa shape index (κ1) is 12.6. The van der Waals surface area contributed by atoms with E-state index in [4.69, 9.17) is 20.3 Å². The van der Waals surface area contributed by atoms with E-state index in [9.17, 15) is 10.2 Å². The molecular formula is C9H17NO5. The van der Waals surface area contributed by atoms with Crippen LogP contribution in [-0.4, -0.2) is 59.2 Å². The summed E-state index contributed by atoms with van der Waals surface area (Å²) < 4.78 is 10.3. The maximum atomic E-state index is 9.55. The van der Waals surface area contributed by atoms with Gasteiger partial charge in [0, 0.05) is 0 Å². The van der Waals surface area contributed by atoms with E-state index < -0.39 is 37.3 Å². The molecule has 6 nitrogen and oxygen atoms in total. The van der Waals surface area contributed by atoms with Crippen LogP contribution in [0.3, 0.4) is 0 Å². The molecule has 15 heavy (non-hydrogen) atoms. The summed E-state index contributed by atoms with van der Waals surface area (Å²) >= 11 is 0. The van der Waals surface area contributed by atoms with E-state index in [-0.39, 0.29) is 6.61 Å². The fourth-order valence-corrected chi connectivity index (χ4v) is 1.42. The Morgan fingerprint density at radius 3 is 2.60 bits per heavy atom. The monoisotopic (exact) mass is 219 g/mol. The van der Waals surface area contributed by atoms with Gasteiger partial charge in [-0.3, -0.25) is 0 Å². The molecule has 1 aliphatic rings. The lowest BCUT2D eigenvalue weighted by molar-refractivity contribution is -0.262. The van der Waals surface area contributed by atoms with E-state index in [1.165, 1.54) is 6.08 Å². The highest BCUT2D eigenvalue weighted by molar-refractivity contribution is 4.91. The first-order valence-electron chi connectivity index (χ1n) is 4.72. The number of nitrogens with two attached hydrogens (primary N) is 1.